The van der Waals surface area contributed by atoms with E-state index in [9.17, 15) is 0 Å². The van der Waals surface area contributed by atoms with E-state index in [0.29, 0.717) is 6.73 Å². The van der Waals surface area contributed by atoms with E-state index in [4.69, 9.17) is 9.57 Å². The van der Waals surface area contributed by atoms with Gasteiger partial charge in [0.1, 0.15) is 12.0 Å². The van der Waals surface area contributed by atoms with Crippen molar-refractivity contribution in [3.8, 4) is 5.75 Å². The molecule has 1 heterocycles. The van der Waals surface area contributed by atoms with Crippen molar-refractivity contribution in [1.29, 1.82) is 0 Å². The number of para-hydroxylation sites is 1. The third-order valence-electron chi connectivity index (χ3n) is 1.82. The fourth-order valence-electron chi connectivity index (χ4n) is 1.11. The molecule has 0 N–H and O–H groups in total. The van der Waals surface area contributed by atoms with Crippen LogP contribution < -0.4 is 4.74 Å². The third-order valence-corrected chi connectivity index (χ3v) is 2.71. The highest BCUT2D eigenvalue weighted by atomic mass is 127. The maximum absolute atomic E-state index is 5.58. The normalized spacial score (nSPS) is 13.8. The van der Waals surface area contributed by atoms with Gasteiger partial charge in [-0.3, -0.25) is 0 Å². The van der Waals surface area contributed by atoms with Gasteiger partial charge in [-0.2, -0.15) is 5.06 Å². The molecule has 1 aromatic carbocycles. The number of halogens is 1. The zero-order valence-electron chi connectivity index (χ0n) is 7.97. The van der Waals surface area contributed by atoms with Crippen LogP contribution in [-0.2, 0) is 4.84 Å². The van der Waals surface area contributed by atoms with Crippen molar-refractivity contribution in [1.82, 2.24) is 5.06 Å². The molecule has 0 radical (unpaired) electrons. The molecule has 2 rings (SSSR count). The average Bonchev–Trinajstić information content (AvgIpc) is 2.29. The summed E-state index contributed by atoms with van der Waals surface area (Å²) in [6.45, 7) is 0.376. The fourth-order valence-corrected chi connectivity index (χ4v) is 1.65. The maximum Gasteiger partial charge on any atom is 0.193 e. The Morgan fingerprint density at radius 3 is 2.87 bits per heavy atom. The lowest BCUT2D eigenvalue weighted by Crippen LogP contribution is -2.22. The third kappa shape index (κ3) is 2.89. The van der Waals surface area contributed by atoms with Crippen LogP contribution in [0.1, 0.15) is 0 Å². The molecule has 0 amide bonds. The van der Waals surface area contributed by atoms with Crippen molar-refractivity contribution < 1.29 is 9.57 Å². The highest BCUT2D eigenvalue weighted by Crippen LogP contribution is 2.19. The van der Waals surface area contributed by atoms with Gasteiger partial charge in [0, 0.05) is 6.20 Å². The van der Waals surface area contributed by atoms with E-state index in [1.807, 2.05) is 42.6 Å². The van der Waals surface area contributed by atoms with Crippen molar-refractivity contribution in [3.05, 3.63) is 52.4 Å². The minimum Gasteiger partial charge on any atom is -0.469 e. The standard InChI is InChI=1S/C11H10INO2/c12-10-5-1-2-6-11(10)14-9-13-7-3-4-8-15-13/h1-8H,9H2. The van der Waals surface area contributed by atoms with Crippen LogP contribution in [0, 0.1) is 3.57 Å². The van der Waals surface area contributed by atoms with E-state index in [0.717, 1.165) is 9.32 Å². The van der Waals surface area contributed by atoms with Gasteiger partial charge in [0.05, 0.1) is 3.57 Å². The Labute approximate surface area is 102 Å². The van der Waals surface area contributed by atoms with Gasteiger partial charge in [-0.15, -0.1) is 0 Å². The summed E-state index contributed by atoms with van der Waals surface area (Å²) in [6, 6.07) is 7.87. The molecule has 78 valence electrons. The molecule has 0 aromatic heterocycles. The summed E-state index contributed by atoms with van der Waals surface area (Å²) in [6.07, 6.45) is 7.14. The SMILES string of the molecule is Ic1ccccc1OCN1C=CC=CO1. The fraction of sp³-hybridized carbons (Fsp3) is 0.0909. The van der Waals surface area contributed by atoms with Gasteiger partial charge in [0.15, 0.2) is 6.73 Å². The van der Waals surface area contributed by atoms with Crippen molar-refractivity contribution in [2.24, 2.45) is 0 Å². The molecule has 1 aliphatic heterocycles. The predicted octanol–water partition coefficient (Wildman–Crippen LogP) is 2.90. The van der Waals surface area contributed by atoms with Crippen LogP contribution in [-0.4, -0.2) is 11.8 Å². The summed E-state index contributed by atoms with van der Waals surface area (Å²) in [4.78, 5) is 5.18. The predicted molar refractivity (Wildman–Crippen MR) is 65.9 cm³/mol. The molecule has 0 spiro atoms. The molecule has 1 aliphatic rings. The van der Waals surface area contributed by atoms with Gasteiger partial charge in [0.2, 0.25) is 0 Å². The first kappa shape index (κ1) is 10.4. The van der Waals surface area contributed by atoms with Gasteiger partial charge in [-0.05, 0) is 46.9 Å². The van der Waals surface area contributed by atoms with Crippen molar-refractivity contribution in [2.45, 2.75) is 0 Å². The summed E-state index contributed by atoms with van der Waals surface area (Å²) in [5.41, 5.74) is 0. The monoisotopic (exact) mass is 315 g/mol. The van der Waals surface area contributed by atoms with Crippen LogP contribution in [0.2, 0.25) is 0 Å². The van der Waals surface area contributed by atoms with E-state index in [2.05, 4.69) is 22.6 Å². The second-order valence-corrected chi connectivity index (χ2v) is 4.06. The Morgan fingerprint density at radius 2 is 2.13 bits per heavy atom. The van der Waals surface area contributed by atoms with Gasteiger partial charge >= 0.3 is 0 Å². The summed E-state index contributed by atoms with van der Waals surface area (Å²) >= 11 is 2.24. The summed E-state index contributed by atoms with van der Waals surface area (Å²) in [5.74, 6) is 0.865. The first-order chi connectivity index (χ1) is 7.36. The minimum atomic E-state index is 0.376. The molecule has 0 bridgehead atoms. The van der Waals surface area contributed by atoms with E-state index in [1.165, 1.54) is 0 Å². The summed E-state index contributed by atoms with van der Waals surface area (Å²) in [5, 5.41) is 1.61. The van der Waals surface area contributed by atoms with Crippen LogP contribution >= 0.6 is 22.6 Å². The van der Waals surface area contributed by atoms with Crippen LogP contribution in [0.4, 0.5) is 0 Å². The van der Waals surface area contributed by atoms with Crippen LogP contribution in [0.3, 0.4) is 0 Å². The number of hydroxylamine groups is 2. The lowest BCUT2D eigenvalue weighted by Gasteiger charge is -2.20. The van der Waals surface area contributed by atoms with E-state index < -0.39 is 0 Å². The molecule has 0 aliphatic carbocycles. The number of hydrogen-bond donors (Lipinski definition) is 0. The van der Waals surface area contributed by atoms with Gasteiger partial charge in [-0.1, -0.05) is 12.1 Å². The first-order valence-corrected chi connectivity index (χ1v) is 5.58. The van der Waals surface area contributed by atoms with Crippen molar-refractivity contribution in [2.75, 3.05) is 6.73 Å². The number of nitrogens with zero attached hydrogens (tertiary/aromatic N) is 1. The van der Waals surface area contributed by atoms with E-state index in [1.54, 1.807) is 11.3 Å². The second-order valence-electron chi connectivity index (χ2n) is 2.90. The second kappa shape index (κ2) is 5.06. The first-order valence-electron chi connectivity index (χ1n) is 4.50. The topological polar surface area (TPSA) is 21.7 Å². The molecule has 0 saturated carbocycles. The Kier molecular flexibility index (Phi) is 3.49. The number of allylic oxidation sites excluding steroid dienone is 2. The minimum absolute atomic E-state index is 0.376. The molecule has 1 aromatic rings. The maximum atomic E-state index is 5.58. The molecule has 0 unspecified atom stereocenters. The quantitative estimate of drug-likeness (QED) is 0.801. The Balaban J connectivity index is 1.91. The highest BCUT2D eigenvalue weighted by molar-refractivity contribution is 14.1. The number of ether oxygens (including phenoxy) is 1. The summed E-state index contributed by atoms with van der Waals surface area (Å²) in [7, 11) is 0. The average molecular weight is 315 g/mol. The van der Waals surface area contributed by atoms with Crippen LogP contribution in [0.25, 0.3) is 0 Å². The lowest BCUT2D eigenvalue weighted by atomic mass is 10.3. The molecule has 0 fully saturated rings. The van der Waals surface area contributed by atoms with E-state index in [-0.39, 0.29) is 0 Å². The molecule has 4 heteroatoms. The zero-order chi connectivity index (χ0) is 10.5. The van der Waals surface area contributed by atoms with Crippen molar-refractivity contribution >= 4 is 22.6 Å². The molecule has 0 saturated heterocycles. The van der Waals surface area contributed by atoms with E-state index >= 15 is 0 Å². The number of rotatable bonds is 3. The Morgan fingerprint density at radius 1 is 1.27 bits per heavy atom. The molecular weight excluding hydrogens is 305 g/mol. The largest absolute Gasteiger partial charge is 0.469 e. The Hall–Kier alpha value is -1.17. The van der Waals surface area contributed by atoms with Gasteiger partial charge in [-0.25, -0.2) is 0 Å². The molecule has 15 heavy (non-hydrogen) atoms. The molecular formula is C11H10INO2. The number of benzene rings is 1. The zero-order valence-corrected chi connectivity index (χ0v) is 10.1. The van der Waals surface area contributed by atoms with Crippen LogP contribution in [0.15, 0.2) is 48.9 Å². The van der Waals surface area contributed by atoms with Gasteiger partial charge in [0.25, 0.3) is 0 Å². The number of hydrogen-bond acceptors (Lipinski definition) is 3. The molecule has 3 nitrogen and oxygen atoms in total. The summed E-state index contributed by atoms with van der Waals surface area (Å²) < 4.78 is 6.67. The lowest BCUT2D eigenvalue weighted by molar-refractivity contribution is -0.104. The highest BCUT2D eigenvalue weighted by Gasteiger charge is 2.03. The smallest absolute Gasteiger partial charge is 0.193 e. The molecule has 0 atom stereocenters. The van der Waals surface area contributed by atoms with Gasteiger partial charge < -0.3 is 9.57 Å². The Bertz CT molecular complexity index is 390. The van der Waals surface area contributed by atoms with Crippen molar-refractivity contribution in [3.63, 3.8) is 0 Å². The van der Waals surface area contributed by atoms with Crippen LogP contribution in [0.5, 0.6) is 5.75 Å².